The van der Waals surface area contributed by atoms with Gasteiger partial charge >= 0.3 is 0 Å². The number of ether oxygens (including phenoxy) is 1. The second-order valence-corrected chi connectivity index (χ2v) is 5.45. The Morgan fingerprint density at radius 2 is 1.95 bits per heavy atom. The van der Waals surface area contributed by atoms with Gasteiger partial charge in [-0.05, 0) is 43.5 Å². The number of nitrogens with two attached hydrogens (primary N) is 1. The third-order valence-corrected chi connectivity index (χ3v) is 3.37. The summed E-state index contributed by atoms with van der Waals surface area (Å²) < 4.78 is 7.61. The van der Waals surface area contributed by atoms with Crippen LogP contribution < -0.4 is 10.5 Å². The number of aryl methyl sites for hydroxylation is 3. The number of hydrogen-bond acceptors (Lipinski definition) is 4. The summed E-state index contributed by atoms with van der Waals surface area (Å²) in [7, 11) is 0. The highest BCUT2D eigenvalue weighted by atomic mass is 16.5. The molecule has 1 heterocycles. The van der Waals surface area contributed by atoms with Crippen LogP contribution in [0, 0.1) is 13.8 Å². The van der Waals surface area contributed by atoms with Crippen LogP contribution >= 0.6 is 0 Å². The summed E-state index contributed by atoms with van der Waals surface area (Å²) in [6.45, 7) is 7.65. The zero-order chi connectivity index (χ0) is 15.2. The van der Waals surface area contributed by atoms with E-state index in [-0.39, 0.29) is 6.04 Å². The normalized spacial score (nSPS) is 12.4. The quantitative estimate of drug-likeness (QED) is 0.796. The van der Waals surface area contributed by atoms with Crippen molar-refractivity contribution in [1.82, 2.24) is 15.0 Å². The molecule has 0 fully saturated rings. The molecule has 0 bridgehead atoms. The molecule has 2 aromatic rings. The second-order valence-electron chi connectivity index (χ2n) is 5.45. The number of aromatic nitrogens is 3. The van der Waals surface area contributed by atoms with E-state index in [0.29, 0.717) is 6.61 Å². The Kier molecular flexibility index (Phi) is 5.33. The minimum absolute atomic E-state index is 0.0229. The van der Waals surface area contributed by atoms with E-state index in [4.69, 9.17) is 10.5 Å². The number of nitrogens with zero attached hydrogens (tertiary/aromatic N) is 3. The van der Waals surface area contributed by atoms with Crippen LogP contribution in [0.5, 0.6) is 5.75 Å². The Bertz CT molecular complexity index is 559. The van der Waals surface area contributed by atoms with Crippen LogP contribution in [0.2, 0.25) is 0 Å². The van der Waals surface area contributed by atoms with Crippen molar-refractivity contribution >= 4 is 0 Å². The highest BCUT2D eigenvalue weighted by Crippen LogP contribution is 2.16. The Morgan fingerprint density at radius 1 is 1.24 bits per heavy atom. The van der Waals surface area contributed by atoms with Gasteiger partial charge in [-0.15, -0.1) is 5.10 Å². The molecule has 0 aliphatic rings. The van der Waals surface area contributed by atoms with Crippen LogP contribution in [-0.2, 0) is 6.54 Å². The molecule has 0 radical (unpaired) electrons. The molecular formula is C16H24N4O. The van der Waals surface area contributed by atoms with Crippen LogP contribution in [-0.4, -0.2) is 21.6 Å². The topological polar surface area (TPSA) is 66.0 Å². The molecule has 0 aliphatic heterocycles. The van der Waals surface area contributed by atoms with E-state index in [1.54, 1.807) is 0 Å². The van der Waals surface area contributed by atoms with E-state index in [9.17, 15) is 0 Å². The van der Waals surface area contributed by atoms with E-state index in [1.165, 1.54) is 11.1 Å². The van der Waals surface area contributed by atoms with Gasteiger partial charge in [0.05, 0.1) is 24.5 Å². The number of rotatable bonds is 7. The molecule has 1 aromatic carbocycles. The van der Waals surface area contributed by atoms with Crippen LogP contribution in [0.25, 0.3) is 0 Å². The van der Waals surface area contributed by atoms with Crippen LogP contribution in [0.4, 0.5) is 0 Å². The zero-order valence-corrected chi connectivity index (χ0v) is 13.0. The lowest BCUT2D eigenvalue weighted by Gasteiger charge is -2.08. The van der Waals surface area contributed by atoms with Crippen LogP contribution in [0.1, 0.15) is 42.6 Å². The number of benzene rings is 1. The Labute approximate surface area is 126 Å². The van der Waals surface area contributed by atoms with Gasteiger partial charge in [0.15, 0.2) is 0 Å². The highest BCUT2D eigenvalue weighted by Gasteiger charge is 2.07. The fraction of sp³-hybridized carbons (Fsp3) is 0.500. The van der Waals surface area contributed by atoms with Crippen molar-refractivity contribution in [1.29, 1.82) is 0 Å². The molecule has 2 rings (SSSR count). The maximum Gasteiger partial charge on any atom is 0.119 e. The van der Waals surface area contributed by atoms with E-state index >= 15 is 0 Å². The minimum Gasteiger partial charge on any atom is -0.494 e. The van der Waals surface area contributed by atoms with E-state index in [1.807, 2.05) is 17.8 Å². The second kappa shape index (κ2) is 7.22. The Morgan fingerprint density at radius 3 is 2.62 bits per heavy atom. The first-order valence-corrected chi connectivity index (χ1v) is 7.45. The number of hydrogen-bond donors (Lipinski definition) is 1. The van der Waals surface area contributed by atoms with Crippen molar-refractivity contribution < 1.29 is 4.74 Å². The average molecular weight is 288 g/mol. The first-order chi connectivity index (χ1) is 10.1. The monoisotopic (exact) mass is 288 g/mol. The van der Waals surface area contributed by atoms with Gasteiger partial charge in [-0.3, -0.25) is 4.68 Å². The lowest BCUT2D eigenvalue weighted by Crippen LogP contribution is -2.09. The molecule has 5 heteroatoms. The zero-order valence-electron chi connectivity index (χ0n) is 13.0. The van der Waals surface area contributed by atoms with Crippen molar-refractivity contribution in [3.8, 4) is 5.75 Å². The summed E-state index contributed by atoms with van der Waals surface area (Å²) in [5.74, 6) is 0.930. The summed E-state index contributed by atoms with van der Waals surface area (Å²) >= 11 is 0. The minimum atomic E-state index is -0.0229. The molecular weight excluding hydrogens is 264 g/mol. The van der Waals surface area contributed by atoms with Gasteiger partial charge in [-0.1, -0.05) is 18.2 Å². The smallest absolute Gasteiger partial charge is 0.119 e. The molecule has 0 amide bonds. The lowest BCUT2D eigenvalue weighted by molar-refractivity contribution is 0.297. The lowest BCUT2D eigenvalue weighted by atomic mass is 10.1. The highest BCUT2D eigenvalue weighted by molar-refractivity contribution is 5.32. The fourth-order valence-electron chi connectivity index (χ4n) is 2.23. The molecule has 0 saturated carbocycles. The molecule has 1 atom stereocenters. The third-order valence-electron chi connectivity index (χ3n) is 3.37. The summed E-state index contributed by atoms with van der Waals surface area (Å²) in [6.07, 6.45) is 3.68. The summed E-state index contributed by atoms with van der Waals surface area (Å²) in [5.41, 5.74) is 9.22. The predicted octanol–water partition coefficient (Wildman–Crippen LogP) is 2.77. The van der Waals surface area contributed by atoms with Gasteiger partial charge in [0.2, 0.25) is 0 Å². The first kappa shape index (κ1) is 15.5. The largest absolute Gasteiger partial charge is 0.494 e. The standard InChI is InChI=1S/C16H24N4O/c1-4-15(17)16-11-20(19-18-16)6-5-7-21-14-9-12(2)8-13(3)10-14/h8-11,15H,4-7,17H2,1-3H3. The van der Waals surface area contributed by atoms with Gasteiger partial charge in [0, 0.05) is 13.0 Å². The van der Waals surface area contributed by atoms with Gasteiger partial charge in [-0.25, -0.2) is 0 Å². The molecule has 0 spiro atoms. The maximum absolute atomic E-state index is 5.93. The predicted molar refractivity (Wildman–Crippen MR) is 83.3 cm³/mol. The fourth-order valence-corrected chi connectivity index (χ4v) is 2.23. The Hall–Kier alpha value is -1.88. The van der Waals surface area contributed by atoms with Crippen molar-refractivity contribution in [3.63, 3.8) is 0 Å². The van der Waals surface area contributed by atoms with E-state index < -0.39 is 0 Å². The molecule has 0 aliphatic carbocycles. The molecule has 0 saturated heterocycles. The van der Waals surface area contributed by atoms with Gasteiger partial charge < -0.3 is 10.5 Å². The molecule has 114 valence electrons. The SMILES string of the molecule is CCC(N)c1cn(CCCOc2cc(C)cc(C)c2)nn1. The van der Waals surface area contributed by atoms with E-state index in [0.717, 1.165) is 30.8 Å². The van der Waals surface area contributed by atoms with E-state index in [2.05, 4.69) is 42.4 Å². The van der Waals surface area contributed by atoms with Crippen LogP contribution in [0.15, 0.2) is 24.4 Å². The maximum atomic E-state index is 5.93. The van der Waals surface area contributed by atoms with Crippen molar-refractivity contribution in [2.24, 2.45) is 5.73 Å². The molecule has 1 unspecified atom stereocenters. The van der Waals surface area contributed by atoms with Gasteiger partial charge in [0.1, 0.15) is 5.75 Å². The molecule has 1 aromatic heterocycles. The Balaban J connectivity index is 1.78. The summed E-state index contributed by atoms with van der Waals surface area (Å²) in [5, 5.41) is 8.18. The first-order valence-electron chi connectivity index (χ1n) is 7.45. The third kappa shape index (κ3) is 4.56. The van der Waals surface area contributed by atoms with Gasteiger partial charge in [0.25, 0.3) is 0 Å². The van der Waals surface area contributed by atoms with Crippen molar-refractivity contribution in [3.05, 3.63) is 41.2 Å². The summed E-state index contributed by atoms with van der Waals surface area (Å²) in [6, 6.07) is 6.23. The van der Waals surface area contributed by atoms with Crippen molar-refractivity contribution in [2.75, 3.05) is 6.61 Å². The molecule has 21 heavy (non-hydrogen) atoms. The van der Waals surface area contributed by atoms with Crippen molar-refractivity contribution in [2.45, 2.75) is 46.2 Å². The average Bonchev–Trinajstić information content (AvgIpc) is 2.90. The summed E-state index contributed by atoms with van der Waals surface area (Å²) in [4.78, 5) is 0. The van der Waals surface area contributed by atoms with Gasteiger partial charge in [-0.2, -0.15) is 0 Å². The molecule has 5 nitrogen and oxygen atoms in total. The van der Waals surface area contributed by atoms with Crippen LogP contribution in [0.3, 0.4) is 0 Å². The molecule has 2 N–H and O–H groups in total.